The van der Waals surface area contributed by atoms with Crippen molar-refractivity contribution in [3.63, 3.8) is 0 Å². The fraction of sp³-hybridized carbons (Fsp3) is 0.565. The molecule has 0 unspecified atom stereocenters. The van der Waals surface area contributed by atoms with Crippen LogP contribution < -0.4 is 0 Å². The first-order valence-electron chi connectivity index (χ1n) is 10.9. The molecule has 3 aliphatic rings. The van der Waals surface area contributed by atoms with Crippen LogP contribution in [0.25, 0.3) is 0 Å². The van der Waals surface area contributed by atoms with Gasteiger partial charge in [0.05, 0.1) is 17.8 Å². The van der Waals surface area contributed by atoms with Crippen molar-refractivity contribution in [3.8, 4) is 0 Å². The Kier molecular flexibility index (Phi) is 5.35. The number of carbonyl (C=O) groups is 1. The number of piperidine rings is 3. The zero-order chi connectivity index (χ0) is 19.8. The summed E-state index contributed by atoms with van der Waals surface area (Å²) in [5.74, 6) is 1.54. The van der Waals surface area contributed by atoms with Gasteiger partial charge in [-0.2, -0.15) is 5.10 Å². The molecule has 6 heteroatoms. The number of halogens is 1. The van der Waals surface area contributed by atoms with E-state index in [9.17, 15) is 4.79 Å². The lowest BCUT2D eigenvalue weighted by molar-refractivity contribution is -0.152. The van der Waals surface area contributed by atoms with Crippen molar-refractivity contribution in [2.45, 2.75) is 50.7 Å². The lowest BCUT2D eigenvalue weighted by Crippen LogP contribution is -2.65. The molecule has 3 saturated heterocycles. The molecule has 0 N–H and O–H groups in total. The predicted molar refractivity (Wildman–Crippen MR) is 114 cm³/mol. The van der Waals surface area contributed by atoms with Crippen LogP contribution >= 0.6 is 11.6 Å². The van der Waals surface area contributed by atoms with E-state index >= 15 is 0 Å². The highest BCUT2D eigenvalue weighted by Gasteiger charge is 2.49. The van der Waals surface area contributed by atoms with Gasteiger partial charge < -0.3 is 9.80 Å². The number of fused-ring (bicyclic) bond motifs is 4. The minimum atomic E-state index is 0.327. The van der Waals surface area contributed by atoms with Crippen LogP contribution in [0, 0.1) is 11.8 Å². The van der Waals surface area contributed by atoms with Gasteiger partial charge in [-0.15, -0.1) is 0 Å². The second-order valence-electron chi connectivity index (χ2n) is 8.95. The average molecular weight is 413 g/mol. The Morgan fingerprint density at radius 1 is 1.10 bits per heavy atom. The Morgan fingerprint density at radius 2 is 1.93 bits per heavy atom. The summed E-state index contributed by atoms with van der Waals surface area (Å²) in [6.45, 7) is 4.02. The van der Waals surface area contributed by atoms with Gasteiger partial charge in [0.25, 0.3) is 0 Å². The van der Waals surface area contributed by atoms with E-state index in [1.807, 2.05) is 10.9 Å². The van der Waals surface area contributed by atoms with Gasteiger partial charge in [0.1, 0.15) is 0 Å². The van der Waals surface area contributed by atoms with E-state index < -0.39 is 0 Å². The Bertz CT molecular complexity index is 854. The topological polar surface area (TPSA) is 41.4 Å². The number of amides is 1. The Morgan fingerprint density at radius 3 is 2.72 bits per heavy atom. The summed E-state index contributed by atoms with van der Waals surface area (Å²) in [6.07, 6.45) is 8.77. The molecule has 3 fully saturated rings. The summed E-state index contributed by atoms with van der Waals surface area (Å²) in [4.78, 5) is 17.9. The molecule has 0 saturated carbocycles. The number of carbonyl (C=O) groups excluding carboxylic acids is 1. The third kappa shape index (κ3) is 3.95. The maximum atomic E-state index is 12.9. The molecule has 2 bridgehead atoms. The quantitative estimate of drug-likeness (QED) is 0.754. The molecule has 0 radical (unpaired) electrons. The number of nitrogens with zero attached hydrogens (tertiary/aromatic N) is 4. The van der Waals surface area contributed by atoms with E-state index in [0.29, 0.717) is 34.8 Å². The van der Waals surface area contributed by atoms with Crippen molar-refractivity contribution in [2.24, 2.45) is 11.8 Å². The van der Waals surface area contributed by atoms with Crippen LogP contribution in [0.5, 0.6) is 0 Å². The van der Waals surface area contributed by atoms with Gasteiger partial charge in [-0.25, -0.2) is 0 Å². The number of aromatic nitrogens is 2. The van der Waals surface area contributed by atoms with Gasteiger partial charge in [-0.05, 0) is 43.1 Å². The molecule has 4 atom stereocenters. The lowest BCUT2D eigenvalue weighted by atomic mass is 9.71. The average Bonchev–Trinajstić information content (AvgIpc) is 3.16. The molecule has 29 heavy (non-hydrogen) atoms. The molecule has 1 aromatic carbocycles. The zero-order valence-corrected chi connectivity index (χ0v) is 17.5. The Hall–Kier alpha value is -1.85. The molecule has 1 amide bonds. The second kappa shape index (κ2) is 8.11. The van der Waals surface area contributed by atoms with Crippen molar-refractivity contribution in [1.29, 1.82) is 0 Å². The number of likely N-dealkylation sites (tertiary alicyclic amines) is 1. The van der Waals surface area contributed by atoms with Crippen LogP contribution in [0.4, 0.5) is 0 Å². The molecule has 2 aromatic rings. The van der Waals surface area contributed by atoms with E-state index in [1.165, 1.54) is 12.0 Å². The molecule has 5 rings (SSSR count). The minimum absolute atomic E-state index is 0.327. The summed E-state index contributed by atoms with van der Waals surface area (Å²) in [5, 5.41) is 5.02. The van der Waals surface area contributed by atoms with Crippen molar-refractivity contribution >= 4 is 17.5 Å². The maximum absolute atomic E-state index is 12.9. The van der Waals surface area contributed by atoms with Crippen molar-refractivity contribution in [3.05, 3.63) is 53.3 Å². The molecule has 3 aliphatic heterocycles. The standard InChI is InChI=1S/C23H29ClN4O/c24-20-13-25-27(16-20)10-9-26-14-18-12-19(15-26)22(11-17-5-2-1-3-6-17)28-21(18)7-4-8-23(28)29/h1-3,5-6,13,16,18-19,21-22H,4,7-12,14-15H2/t18-,19+,21+,22+/m1/s1. The van der Waals surface area contributed by atoms with E-state index in [1.54, 1.807) is 6.20 Å². The molecule has 0 spiro atoms. The first kappa shape index (κ1) is 19.1. The van der Waals surface area contributed by atoms with Gasteiger partial charge in [0.2, 0.25) is 5.91 Å². The Balaban J connectivity index is 1.35. The van der Waals surface area contributed by atoms with E-state index in [0.717, 1.165) is 51.9 Å². The molecule has 154 valence electrons. The van der Waals surface area contributed by atoms with Gasteiger partial charge in [-0.1, -0.05) is 41.9 Å². The number of hydrogen-bond acceptors (Lipinski definition) is 3. The SMILES string of the molecule is O=C1CCC[C@H]2[C@@H]3C[C@@H](CN(CCn4cc(Cl)cn4)C3)[C@H](Cc3ccccc3)N12. The highest BCUT2D eigenvalue weighted by molar-refractivity contribution is 6.30. The molecule has 4 heterocycles. The first-order chi connectivity index (χ1) is 14.2. The fourth-order valence-electron chi connectivity index (χ4n) is 5.88. The second-order valence-corrected chi connectivity index (χ2v) is 9.39. The minimum Gasteiger partial charge on any atom is -0.336 e. The molecular weight excluding hydrogens is 384 g/mol. The smallest absolute Gasteiger partial charge is 0.223 e. The predicted octanol–water partition coefficient (Wildman–Crippen LogP) is 3.48. The van der Waals surface area contributed by atoms with Crippen LogP contribution in [-0.2, 0) is 17.8 Å². The number of benzene rings is 1. The van der Waals surface area contributed by atoms with Crippen molar-refractivity contribution in [2.75, 3.05) is 19.6 Å². The summed E-state index contributed by atoms with van der Waals surface area (Å²) >= 11 is 6.01. The van der Waals surface area contributed by atoms with E-state index in [2.05, 4.69) is 45.2 Å². The number of hydrogen-bond donors (Lipinski definition) is 0. The van der Waals surface area contributed by atoms with Crippen LogP contribution in [0.2, 0.25) is 5.02 Å². The molecular formula is C23H29ClN4O. The Labute approximate surface area is 177 Å². The molecule has 5 nitrogen and oxygen atoms in total. The van der Waals surface area contributed by atoms with Crippen molar-refractivity contribution < 1.29 is 4.79 Å². The lowest BCUT2D eigenvalue weighted by Gasteiger charge is -2.57. The monoisotopic (exact) mass is 412 g/mol. The third-order valence-corrected chi connectivity index (χ3v) is 7.30. The largest absolute Gasteiger partial charge is 0.336 e. The van der Waals surface area contributed by atoms with Crippen molar-refractivity contribution in [1.82, 2.24) is 19.6 Å². The van der Waals surface area contributed by atoms with Crippen LogP contribution in [0.3, 0.4) is 0 Å². The third-order valence-electron chi connectivity index (χ3n) is 7.11. The van der Waals surface area contributed by atoms with E-state index in [4.69, 9.17) is 11.6 Å². The van der Waals surface area contributed by atoms with Gasteiger partial charge in [0.15, 0.2) is 0 Å². The zero-order valence-electron chi connectivity index (χ0n) is 16.8. The summed E-state index contributed by atoms with van der Waals surface area (Å²) in [7, 11) is 0. The van der Waals surface area contributed by atoms with Crippen LogP contribution in [0.1, 0.15) is 31.2 Å². The highest BCUT2D eigenvalue weighted by Crippen LogP contribution is 2.42. The summed E-state index contributed by atoms with van der Waals surface area (Å²) < 4.78 is 1.94. The van der Waals surface area contributed by atoms with Crippen LogP contribution in [-0.4, -0.2) is 57.2 Å². The van der Waals surface area contributed by atoms with Gasteiger partial charge in [0, 0.05) is 44.3 Å². The normalized spacial score (nSPS) is 29.7. The maximum Gasteiger partial charge on any atom is 0.223 e. The first-order valence-corrected chi connectivity index (χ1v) is 11.3. The highest BCUT2D eigenvalue weighted by atomic mass is 35.5. The molecule has 1 aromatic heterocycles. The van der Waals surface area contributed by atoms with E-state index in [-0.39, 0.29) is 0 Å². The fourth-order valence-corrected chi connectivity index (χ4v) is 6.03. The molecule has 0 aliphatic carbocycles. The van der Waals surface area contributed by atoms with Gasteiger partial charge in [-0.3, -0.25) is 9.48 Å². The van der Waals surface area contributed by atoms with Crippen LogP contribution in [0.15, 0.2) is 42.7 Å². The number of rotatable bonds is 5. The summed E-state index contributed by atoms with van der Waals surface area (Å²) in [6, 6.07) is 11.4. The van der Waals surface area contributed by atoms with Gasteiger partial charge >= 0.3 is 0 Å². The summed E-state index contributed by atoms with van der Waals surface area (Å²) in [5.41, 5.74) is 1.34.